The maximum atomic E-state index is 13.1. The fourth-order valence-electron chi connectivity index (χ4n) is 3.20. The van der Waals surface area contributed by atoms with Crippen molar-refractivity contribution < 1.29 is 9.53 Å². The molecule has 0 fully saturated rings. The highest BCUT2D eigenvalue weighted by Gasteiger charge is 2.20. The molecular formula is C23H24Cl2N4O2S. The summed E-state index contributed by atoms with van der Waals surface area (Å²) in [5, 5.41) is 1.32. The molecule has 9 heteroatoms. The average molecular weight is 491 g/mol. The molecule has 0 saturated carbocycles. The maximum absolute atomic E-state index is 13.1. The SMILES string of the molecule is CCc1ccc2nc(N(CCCn3ccnc3)C(=O)COc3ccc(Cl)cc3)sc2c1.Cl. The average Bonchev–Trinajstić information content (AvgIpc) is 3.45. The van der Waals surface area contributed by atoms with Crippen LogP contribution in [-0.2, 0) is 17.8 Å². The summed E-state index contributed by atoms with van der Waals surface area (Å²) in [5.74, 6) is 0.475. The number of hydrogen-bond donors (Lipinski definition) is 0. The van der Waals surface area contributed by atoms with Crippen molar-refractivity contribution in [3.8, 4) is 5.75 Å². The van der Waals surface area contributed by atoms with E-state index in [2.05, 4.69) is 24.0 Å². The van der Waals surface area contributed by atoms with Crippen LogP contribution in [0.15, 0.2) is 61.2 Å². The molecule has 168 valence electrons. The fourth-order valence-corrected chi connectivity index (χ4v) is 4.40. The van der Waals surface area contributed by atoms with Crippen LogP contribution in [0.25, 0.3) is 10.2 Å². The van der Waals surface area contributed by atoms with Crippen molar-refractivity contribution in [2.75, 3.05) is 18.1 Å². The molecule has 32 heavy (non-hydrogen) atoms. The van der Waals surface area contributed by atoms with Crippen molar-refractivity contribution in [2.45, 2.75) is 26.3 Å². The monoisotopic (exact) mass is 490 g/mol. The summed E-state index contributed by atoms with van der Waals surface area (Å²) in [5.41, 5.74) is 2.16. The number of nitrogens with zero attached hydrogens (tertiary/aromatic N) is 4. The molecule has 0 bridgehead atoms. The first kappa shape index (κ1) is 24.0. The molecule has 0 atom stereocenters. The van der Waals surface area contributed by atoms with Gasteiger partial charge < -0.3 is 9.30 Å². The second kappa shape index (κ2) is 11.3. The molecule has 6 nitrogen and oxygen atoms in total. The lowest BCUT2D eigenvalue weighted by Gasteiger charge is -2.20. The number of anilines is 1. The first-order valence-corrected chi connectivity index (χ1v) is 11.4. The molecule has 0 aliphatic carbocycles. The second-order valence-corrected chi connectivity index (χ2v) is 8.54. The third-order valence-corrected chi connectivity index (χ3v) is 6.21. The third kappa shape index (κ3) is 6.00. The van der Waals surface area contributed by atoms with Crippen LogP contribution in [-0.4, -0.2) is 33.6 Å². The quantitative estimate of drug-likeness (QED) is 0.304. The van der Waals surface area contributed by atoms with Crippen LogP contribution in [0.5, 0.6) is 5.75 Å². The van der Waals surface area contributed by atoms with Gasteiger partial charge in [-0.25, -0.2) is 9.97 Å². The molecular weight excluding hydrogens is 467 g/mol. The molecule has 0 radical (unpaired) electrons. The summed E-state index contributed by atoms with van der Waals surface area (Å²) in [6.07, 6.45) is 7.19. The number of carbonyl (C=O) groups excluding carboxylic acids is 1. The number of hydrogen-bond acceptors (Lipinski definition) is 5. The van der Waals surface area contributed by atoms with Crippen LogP contribution in [0.2, 0.25) is 5.02 Å². The molecule has 4 rings (SSSR count). The van der Waals surface area contributed by atoms with Crippen molar-refractivity contribution in [3.05, 3.63) is 71.8 Å². The van der Waals surface area contributed by atoms with Gasteiger partial charge in [0.15, 0.2) is 11.7 Å². The van der Waals surface area contributed by atoms with E-state index in [1.807, 2.05) is 16.8 Å². The van der Waals surface area contributed by atoms with Gasteiger partial charge in [0, 0.05) is 30.5 Å². The Labute approximate surface area is 202 Å². The van der Waals surface area contributed by atoms with E-state index in [0.29, 0.717) is 22.4 Å². The lowest BCUT2D eigenvalue weighted by molar-refractivity contribution is -0.120. The lowest BCUT2D eigenvalue weighted by atomic mass is 10.2. The van der Waals surface area contributed by atoms with E-state index in [-0.39, 0.29) is 24.9 Å². The smallest absolute Gasteiger partial charge is 0.266 e. The molecule has 2 heterocycles. The molecule has 0 spiro atoms. The Morgan fingerprint density at radius 1 is 1.22 bits per heavy atom. The van der Waals surface area contributed by atoms with Gasteiger partial charge in [-0.15, -0.1) is 12.4 Å². The van der Waals surface area contributed by atoms with Crippen molar-refractivity contribution >= 4 is 56.6 Å². The van der Waals surface area contributed by atoms with E-state index in [1.54, 1.807) is 41.7 Å². The maximum Gasteiger partial charge on any atom is 0.266 e. The number of thiazole rings is 1. The normalized spacial score (nSPS) is 10.7. The molecule has 0 unspecified atom stereocenters. The van der Waals surface area contributed by atoms with E-state index >= 15 is 0 Å². The van der Waals surface area contributed by atoms with E-state index in [0.717, 1.165) is 29.6 Å². The number of aryl methyl sites for hydroxylation is 2. The Bertz CT molecular complexity index is 1150. The molecule has 2 aromatic heterocycles. The first-order chi connectivity index (χ1) is 15.1. The van der Waals surface area contributed by atoms with E-state index < -0.39 is 0 Å². The third-order valence-electron chi connectivity index (χ3n) is 4.91. The van der Waals surface area contributed by atoms with Crippen LogP contribution in [0.1, 0.15) is 18.9 Å². The van der Waals surface area contributed by atoms with Crippen molar-refractivity contribution in [2.24, 2.45) is 0 Å². The molecule has 1 amide bonds. The minimum Gasteiger partial charge on any atom is -0.484 e. The number of rotatable bonds is 9. The van der Waals surface area contributed by atoms with Gasteiger partial charge in [-0.05, 0) is 54.8 Å². The van der Waals surface area contributed by atoms with Crippen LogP contribution in [0, 0.1) is 0 Å². The number of fused-ring (bicyclic) bond motifs is 1. The Kier molecular flexibility index (Phi) is 8.50. The number of carbonyl (C=O) groups is 1. The molecule has 0 N–H and O–H groups in total. The summed E-state index contributed by atoms with van der Waals surface area (Å²) in [6, 6.07) is 13.2. The molecule has 4 aromatic rings. The number of halogens is 2. The van der Waals surface area contributed by atoms with Gasteiger partial charge in [-0.1, -0.05) is 35.9 Å². The Morgan fingerprint density at radius 3 is 2.75 bits per heavy atom. The zero-order valence-electron chi connectivity index (χ0n) is 17.6. The minimum absolute atomic E-state index is 0. The minimum atomic E-state index is -0.129. The Hall–Kier alpha value is -2.61. The van der Waals surface area contributed by atoms with Gasteiger partial charge in [0.25, 0.3) is 5.91 Å². The summed E-state index contributed by atoms with van der Waals surface area (Å²) >= 11 is 7.46. The van der Waals surface area contributed by atoms with Crippen molar-refractivity contribution in [3.63, 3.8) is 0 Å². The van der Waals surface area contributed by atoms with Crippen molar-refractivity contribution in [1.82, 2.24) is 14.5 Å². The van der Waals surface area contributed by atoms with Crippen molar-refractivity contribution in [1.29, 1.82) is 0 Å². The number of imidazole rings is 1. The van der Waals surface area contributed by atoms with E-state index in [4.69, 9.17) is 21.3 Å². The van der Waals surface area contributed by atoms with Gasteiger partial charge in [0.1, 0.15) is 5.75 Å². The number of amides is 1. The zero-order chi connectivity index (χ0) is 21.6. The fraction of sp³-hybridized carbons (Fsp3) is 0.261. The highest BCUT2D eigenvalue weighted by atomic mass is 35.5. The molecule has 2 aromatic carbocycles. The Balaban J connectivity index is 0.00000289. The second-order valence-electron chi connectivity index (χ2n) is 7.09. The standard InChI is InChI=1S/C23H23ClN4O2S.ClH/c1-2-17-4-9-20-21(14-17)31-23(26-20)28(12-3-11-27-13-10-25-16-27)22(29)15-30-19-7-5-18(24)6-8-19;/h4-10,13-14,16H,2-3,11-12,15H2,1H3;1H. The van der Waals surface area contributed by atoms with Crippen LogP contribution in [0.4, 0.5) is 5.13 Å². The molecule has 0 saturated heterocycles. The largest absolute Gasteiger partial charge is 0.484 e. The van der Waals surface area contributed by atoms with Crippen LogP contribution in [0.3, 0.4) is 0 Å². The lowest BCUT2D eigenvalue weighted by Crippen LogP contribution is -2.36. The number of aromatic nitrogens is 3. The topological polar surface area (TPSA) is 60.2 Å². The summed E-state index contributed by atoms with van der Waals surface area (Å²) in [6.45, 7) is 3.38. The van der Waals surface area contributed by atoms with Gasteiger partial charge in [-0.3, -0.25) is 9.69 Å². The van der Waals surface area contributed by atoms with E-state index in [1.165, 1.54) is 16.9 Å². The molecule has 0 aliphatic rings. The number of ether oxygens (including phenoxy) is 1. The summed E-state index contributed by atoms with van der Waals surface area (Å²) < 4.78 is 8.78. The van der Waals surface area contributed by atoms with E-state index in [9.17, 15) is 4.79 Å². The first-order valence-electron chi connectivity index (χ1n) is 10.2. The van der Waals surface area contributed by atoms with Crippen LogP contribution < -0.4 is 9.64 Å². The molecule has 0 aliphatic heterocycles. The van der Waals surface area contributed by atoms with Gasteiger partial charge in [-0.2, -0.15) is 0 Å². The van der Waals surface area contributed by atoms with Gasteiger partial charge in [0.05, 0.1) is 16.5 Å². The summed E-state index contributed by atoms with van der Waals surface area (Å²) in [7, 11) is 0. The Morgan fingerprint density at radius 2 is 2.03 bits per heavy atom. The highest BCUT2D eigenvalue weighted by Crippen LogP contribution is 2.30. The van der Waals surface area contributed by atoms with Gasteiger partial charge >= 0.3 is 0 Å². The van der Waals surface area contributed by atoms with Crippen LogP contribution >= 0.6 is 35.3 Å². The zero-order valence-corrected chi connectivity index (χ0v) is 20.0. The predicted octanol–water partition coefficient (Wildman–Crippen LogP) is 5.63. The summed E-state index contributed by atoms with van der Waals surface area (Å²) in [4.78, 5) is 23.6. The number of benzene rings is 2. The highest BCUT2D eigenvalue weighted by molar-refractivity contribution is 7.22. The predicted molar refractivity (Wildman–Crippen MR) is 132 cm³/mol. The van der Waals surface area contributed by atoms with Gasteiger partial charge in [0.2, 0.25) is 0 Å².